The molecule has 0 spiro atoms. The van der Waals surface area contributed by atoms with Crippen LogP contribution in [0.1, 0.15) is 5.69 Å². The minimum absolute atomic E-state index is 0.151. The fraction of sp³-hybridized carbons (Fsp3) is 0.214. The zero-order valence-electron chi connectivity index (χ0n) is 11.3. The van der Waals surface area contributed by atoms with Crippen LogP contribution in [0.2, 0.25) is 0 Å². The van der Waals surface area contributed by atoms with Crippen molar-refractivity contribution in [2.75, 3.05) is 6.54 Å². The number of pyridine rings is 1. The maximum Gasteiger partial charge on any atom is 0.272 e. The Balaban J connectivity index is 1.84. The van der Waals surface area contributed by atoms with Crippen LogP contribution in [0.25, 0.3) is 17.2 Å². The van der Waals surface area contributed by atoms with Crippen molar-refractivity contribution >= 4 is 0 Å². The zero-order chi connectivity index (χ0) is 14.2. The van der Waals surface area contributed by atoms with Crippen LogP contribution in [0.3, 0.4) is 0 Å². The third kappa shape index (κ3) is 1.98. The van der Waals surface area contributed by atoms with Gasteiger partial charge in [-0.15, -0.1) is 0 Å². The Morgan fingerprint density at radius 1 is 1.33 bits per heavy atom. The van der Waals surface area contributed by atoms with Crippen molar-refractivity contribution in [3.8, 4) is 17.2 Å². The summed E-state index contributed by atoms with van der Waals surface area (Å²) >= 11 is 0. The van der Waals surface area contributed by atoms with E-state index >= 15 is 0 Å². The Bertz CT molecular complexity index is 820. The van der Waals surface area contributed by atoms with Crippen molar-refractivity contribution in [3.63, 3.8) is 0 Å². The number of aromatic amines is 1. The van der Waals surface area contributed by atoms with Gasteiger partial charge in [0.1, 0.15) is 11.4 Å². The van der Waals surface area contributed by atoms with Gasteiger partial charge in [-0.1, -0.05) is 0 Å². The maximum absolute atomic E-state index is 12.0. The fourth-order valence-corrected chi connectivity index (χ4v) is 2.59. The smallest absolute Gasteiger partial charge is 0.272 e. The van der Waals surface area contributed by atoms with E-state index in [1.807, 2.05) is 10.7 Å². The predicted molar refractivity (Wildman–Crippen MR) is 77.1 cm³/mol. The van der Waals surface area contributed by atoms with E-state index in [1.165, 1.54) is 0 Å². The number of nitrogens with zero attached hydrogens (tertiary/aromatic N) is 4. The number of hydrogen-bond acceptors (Lipinski definition) is 4. The van der Waals surface area contributed by atoms with E-state index in [9.17, 15) is 4.79 Å². The van der Waals surface area contributed by atoms with Gasteiger partial charge in [-0.25, -0.2) is 4.98 Å². The van der Waals surface area contributed by atoms with Gasteiger partial charge in [0.05, 0.1) is 12.2 Å². The highest BCUT2D eigenvalue weighted by atomic mass is 16.1. The molecule has 0 aromatic carbocycles. The van der Waals surface area contributed by atoms with Crippen LogP contribution in [0, 0.1) is 0 Å². The summed E-state index contributed by atoms with van der Waals surface area (Å²) in [7, 11) is 0. The Morgan fingerprint density at radius 3 is 3.14 bits per heavy atom. The summed E-state index contributed by atoms with van der Waals surface area (Å²) in [6, 6.07) is 5.58. The lowest BCUT2D eigenvalue weighted by molar-refractivity contribution is 0.476. The first-order valence-corrected chi connectivity index (χ1v) is 6.82. The molecule has 3 aromatic rings. The predicted octanol–water partition coefficient (Wildman–Crippen LogP) is 0.527. The zero-order valence-corrected chi connectivity index (χ0v) is 11.3. The Labute approximate surface area is 120 Å². The molecule has 1 aliphatic heterocycles. The van der Waals surface area contributed by atoms with Crippen molar-refractivity contribution in [2.24, 2.45) is 0 Å². The van der Waals surface area contributed by atoms with Gasteiger partial charge < -0.3 is 10.3 Å². The van der Waals surface area contributed by atoms with Gasteiger partial charge >= 0.3 is 0 Å². The minimum atomic E-state index is -0.151. The van der Waals surface area contributed by atoms with E-state index in [2.05, 4.69) is 20.4 Å². The van der Waals surface area contributed by atoms with E-state index in [-0.39, 0.29) is 5.56 Å². The topological polar surface area (TPSA) is 80.5 Å². The van der Waals surface area contributed by atoms with E-state index in [4.69, 9.17) is 0 Å². The van der Waals surface area contributed by atoms with Crippen molar-refractivity contribution in [1.82, 2.24) is 29.6 Å². The van der Waals surface area contributed by atoms with Gasteiger partial charge in [-0.3, -0.25) is 14.0 Å². The molecule has 0 amide bonds. The highest BCUT2D eigenvalue weighted by Gasteiger charge is 2.17. The lowest BCUT2D eigenvalue weighted by Crippen LogP contribution is -2.28. The summed E-state index contributed by atoms with van der Waals surface area (Å²) in [5.41, 5.74) is 2.30. The first-order chi connectivity index (χ1) is 10.3. The standard InChI is InChI=1S/C14H14N6O/c21-14-12(2-1-3-17-14)19-6-5-16-13(19)11-8-10-9-15-4-7-20(10)18-11/h1-3,5-6,8,15H,4,7,9H2,(H,17,21). The number of nitrogens with one attached hydrogen (secondary N) is 2. The molecule has 0 fully saturated rings. The van der Waals surface area contributed by atoms with Crippen LogP contribution in [0.15, 0.2) is 41.6 Å². The SMILES string of the molecule is O=c1[nH]cccc1-n1ccnc1-c1cc2n(n1)CCNC2. The van der Waals surface area contributed by atoms with Crippen LogP contribution in [-0.4, -0.2) is 30.9 Å². The Kier molecular flexibility index (Phi) is 2.71. The molecule has 21 heavy (non-hydrogen) atoms. The van der Waals surface area contributed by atoms with Gasteiger partial charge in [-0.2, -0.15) is 5.10 Å². The first-order valence-electron chi connectivity index (χ1n) is 6.82. The second kappa shape index (κ2) is 4.71. The van der Waals surface area contributed by atoms with Crippen LogP contribution in [0.4, 0.5) is 0 Å². The highest BCUT2D eigenvalue weighted by Crippen LogP contribution is 2.20. The third-order valence-electron chi connectivity index (χ3n) is 3.60. The molecule has 0 saturated heterocycles. The molecule has 4 heterocycles. The summed E-state index contributed by atoms with van der Waals surface area (Å²) < 4.78 is 3.75. The number of imidazole rings is 1. The van der Waals surface area contributed by atoms with E-state index in [0.717, 1.165) is 31.0 Å². The molecule has 0 unspecified atom stereocenters. The number of fused-ring (bicyclic) bond motifs is 1. The summed E-state index contributed by atoms with van der Waals surface area (Å²) in [5.74, 6) is 0.675. The third-order valence-corrected chi connectivity index (χ3v) is 3.60. The molecule has 0 aliphatic carbocycles. The van der Waals surface area contributed by atoms with Gasteiger partial charge in [0.25, 0.3) is 5.56 Å². The fourth-order valence-electron chi connectivity index (χ4n) is 2.59. The molecule has 0 saturated carbocycles. The monoisotopic (exact) mass is 282 g/mol. The second-order valence-electron chi connectivity index (χ2n) is 4.93. The quantitative estimate of drug-likeness (QED) is 0.718. The highest BCUT2D eigenvalue weighted by molar-refractivity contribution is 5.54. The number of rotatable bonds is 2. The van der Waals surface area contributed by atoms with Crippen LogP contribution in [-0.2, 0) is 13.1 Å². The van der Waals surface area contributed by atoms with Gasteiger partial charge in [-0.05, 0) is 18.2 Å². The van der Waals surface area contributed by atoms with E-state index in [1.54, 1.807) is 35.3 Å². The van der Waals surface area contributed by atoms with E-state index in [0.29, 0.717) is 11.5 Å². The van der Waals surface area contributed by atoms with Crippen molar-refractivity contribution in [2.45, 2.75) is 13.1 Å². The van der Waals surface area contributed by atoms with Crippen molar-refractivity contribution in [1.29, 1.82) is 0 Å². The lowest BCUT2D eigenvalue weighted by atomic mass is 10.3. The molecule has 3 aromatic heterocycles. The summed E-state index contributed by atoms with van der Waals surface area (Å²) in [4.78, 5) is 19.0. The van der Waals surface area contributed by atoms with Crippen LogP contribution < -0.4 is 10.9 Å². The molecule has 106 valence electrons. The lowest BCUT2D eigenvalue weighted by Gasteiger charge is -2.13. The second-order valence-corrected chi connectivity index (χ2v) is 4.93. The largest absolute Gasteiger partial charge is 0.327 e. The summed E-state index contributed by atoms with van der Waals surface area (Å²) in [6.07, 6.45) is 5.07. The molecule has 0 bridgehead atoms. The van der Waals surface area contributed by atoms with Gasteiger partial charge in [0.2, 0.25) is 0 Å². The number of hydrogen-bond donors (Lipinski definition) is 2. The van der Waals surface area contributed by atoms with Crippen LogP contribution in [0.5, 0.6) is 0 Å². The van der Waals surface area contributed by atoms with Crippen LogP contribution >= 0.6 is 0 Å². The Morgan fingerprint density at radius 2 is 2.29 bits per heavy atom. The summed E-state index contributed by atoms with van der Waals surface area (Å²) in [5, 5.41) is 7.90. The molecule has 2 N–H and O–H groups in total. The number of aromatic nitrogens is 5. The molecule has 7 heteroatoms. The first kappa shape index (κ1) is 12.1. The Hall–Kier alpha value is -2.67. The molecule has 0 radical (unpaired) electrons. The molecular weight excluding hydrogens is 268 g/mol. The van der Waals surface area contributed by atoms with E-state index < -0.39 is 0 Å². The normalized spacial score (nSPS) is 14.1. The average molecular weight is 282 g/mol. The average Bonchev–Trinajstić information content (AvgIpc) is 3.13. The minimum Gasteiger partial charge on any atom is -0.327 e. The van der Waals surface area contributed by atoms with Crippen molar-refractivity contribution in [3.05, 3.63) is 52.8 Å². The molecule has 0 atom stereocenters. The van der Waals surface area contributed by atoms with Gasteiger partial charge in [0.15, 0.2) is 5.82 Å². The molecular formula is C14H14N6O. The molecule has 4 rings (SSSR count). The number of H-pyrrole nitrogens is 1. The van der Waals surface area contributed by atoms with Crippen molar-refractivity contribution < 1.29 is 0 Å². The van der Waals surface area contributed by atoms with Gasteiger partial charge in [0, 0.05) is 31.7 Å². The molecule has 7 nitrogen and oxygen atoms in total. The summed E-state index contributed by atoms with van der Waals surface area (Å²) in [6.45, 7) is 2.57. The maximum atomic E-state index is 12.0. The molecule has 1 aliphatic rings.